The summed E-state index contributed by atoms with van der Waals surface area (Å²) in [6.45, 7) is -5.30. The molecule has 0 aromatic heterocycles. The van der Waals surface area contributed by atoms with E-state index in [9.17, 15) is 17.3 Å². The van der Waals surface area contributed by atoms with Crippen molar-refractivity contribution < 1.29 is 17.3 Å². The van der Waals surface area contributed by atoms with Crippen molar-refractivity contribution in [3.05, 3.63) is 24.0 Å². The molecule has 0 unspecified atom stereocenters. The molecular weight excluding hydrogens is 173 g/mol. The predicted molar refractivity (Wildman–Crippen MR) is 39.5 cm³/mol. The highest BCUT2D eigenvalue weighted by Crippen LogP contribution is 2.14. The maximum absolute atomic E-state index is 12.7. The first-order chi connectivity index (χ1) is 5.43. The van der Waals surface area contributed by atoms with Crippen LogP contribution in [-0.2, 0) is 0 Å². The van der Waals surface area contributed by atoms with Gasteiger partial charge in [0, 0.05) is 0 Å². The van der Waals surface area contributed by atoms with Gasteiger partial charge in [0.05, 0.1) is 5.69 Å². The Morgan fingerprint density at radius 3 is 2.17 bits per heavy atom. The number of nitrogens with two attached hydrogens (primary N) is 1. The van der Waals surface area contributed by atoms with Crippen molar-refractivity contribution in [2.75, 3.05) is 5.73 Å². The Balaban J connectivity index is 3.26. The van der Waals surface area contributed by atoms with Gasteiger partial charge in [-0.1, -0.05) is 17.6 Å². The quantitative estimate of drug-likeness (QED) is 0.393. The summed E-state index contributed by atoms with van der Waals surface area (Å²) < 4.78 is 48.7. The Morgan fingerprint density at radius 1 is 1.17 bits per heavy atom. The molecule has 0 aliphatic heterocycles. The summed E-state index contributed by atoms with van der Waals surface area (Å²) in [5.74, 6) is -1.38. The Labute approximate surface area is 66.2 Å². The van der Waals surface area contributed by atoms with Crippen LogP contribution >= 0.6 is 0 Å². The molecule has 0 radical (unpaired) electrons. The second-order valence-corrected chi connectivity index (χ2v) is 2.33. The SMILES string of the molecule is Nc1cccc([B-](F)(F)F)c1F. The molecule has 1 nitrogen and oxygen atoms in total. The lowest BCUT2D eigenvalue weighted by Gasteiger charge is -2.16. The molecule has 6 heteroatoms. The standard InChI is InChI=1S/C6H5BF4N/c8-6-4(7(9,10)11)2-1-3-5(6)12/h1-3H,12H2/q-1. The van der Waals surface area contributed by atoms with Crippen LogP contribution in [0.25, 0.3) is 0 Å². The highest BCUT2D eigenvalue weighted by atomic mass is 19.4. The molecule has 0 bridgehead atoms. The number of nitrogen functional groups attached to an aromatic ring is 1. The van der Waals surface area contributed by atoms with Gasteiger partial charge >= 0.3 is 6.98 Å². The van der Waals surface area contributed by atoms with E-state index in [1.165, 1.54) is 0 Å². The molecule has 0 heterocycles. The van der Waals surface area contributed by atoms with Crippen LogP contribution in [0.2, 0.25) is 0 Å². The van der Waals surface area contributed by atoms with E-state index in [0.29, 0.717) is 6.07 Å². The third kappa shape index (κ3) is 1.52. The van der Waals surface area contributed by atoms with Gasteiger partial charge in [-0.15, -0.1) is 0 Å². The minimum absolute atomic E-state index is 0.480. The second-order valence-electron chi connectivity index (χ2n) is 2.33. The Kier molecular flexibility index (Phi) is 2.00. The highest BCUT2D eigenvalue weighted by molar-refractivity contribution is 6.73. The summed E-state index contributed by atoms with van der Waals surface area (Å²) in [6, 6.07) is 2.83. The van der Waals surface area contributed by atoms with Crippen LogP contribution in [0.3, 0.4) is 0 Å². The van der Waals surface area contributed by atoms with E-state index in [0.717, 1.165) is 12.1 Å². The zero-order valence-electron chi connectivity index (χ0n) is 5.90. The maximum Gasteiger partial charge on any atom is 0.512 e. The van der Waals surface area contributed by atoms with E-state index < -0.39 is 23.9 Å². The minimum atomic E-state index is -5.30. The number of rotatable bonds is 1. The lowest BCUT2D eigenvalue weighted by molar-refractivity contribution is 0.494. The first-order valence-corrected chi connectivity index (χ1v) is 3.17. The monoisotopic (exact) mass is 178 g/mol. The maximum atomic E-state index is 12.7. The number of hydrogen-bond donors (Lipinski definition) is 1. The average molecular weight is 178 g/mol. The molecule has 1 aromatic rings. The van der Waals surface area contributed by atoms with Crippen molar-refractivity contribution in [1.29, 1.82) is 0 Å². The molecule has 0 fully saturated rings. The Bertz CT molecular complexity index is 296. The molecule has 0 saturated carbocycles. The normalized spacial score (nSPS) is 11.7. The van der Waals surface area contributed by atoms with Gasteiger partial charge in [-0.25, -0.2) is 4.39 Å². The summed E-state index contributed by atoms with van der Waals surface area (Å²) in [4.78, 5) is 0. The Hall–Kier alpha value is -1.20. The van der Waals surface area contributed by atoms with Crippen molar-refractivity contribution >= 4 is 18.1 Å². The third-order valence-electron chi connectivity index (χ3n) is 1.41. The fourth-order valence-electron chi connectivity index (χ4n) is 0.821. The van der Waals surface area contributed by atoms with Crippen LogP contribution in [0.5, 0.6) is 0 Å². The van der Waals surface area contributed by atoms with Gasteiger partial charge in [0.1, 0.15) is 5.82 Å². The fourth-order valence-corrected chi connectivity index (χ4v) is 0.821. The zero-order chi connectivity index (χ0) is 9.35. The second kappa shape index (κ2) is 2.69. The van der Waals surface area contributed by atoms with E-state index in [1.54, 1.807) is 0 Å². The molecule has 1 aromatic carbocycles. The molecule has 0 amide bonds. The van der Waals surface area contributed by atoms with Gasteiger partial charge in [0.2, 0.25) is 0 Å². The van der Waals surface area contributed by atoms with Gasteiger partial charge in [0.15, 0.2) is 0 Å². The molecular formula is C6H5BF4N-. The predicted octanol–water partition coefficient (Wildman–Crippen LogP) is 1.46. The summed E-state index contributed by atoms with van der Waals surface area (Å²) in [7, 11) is 0. The summed E-state index contributed by atoms with van der Waals surface area (Å²) >= 11 is 0. The van der Waals surface area contributed by atoms with Crippen LogP contribution in [0.4, 0.5) is 23.0 Å². The van der Waals surface area contributed by atoms with Crippen molar-refractivity contribution in [2.24, 2.45) is 0 Å². The molecule has 0 aliphatic carbocycles. The molecule has 0 spiro atoms. The minimum Gasteiger partial charge on any atom is -0.445 e. The molecule has 1 rings (SSSR count). The molecule has 12 heavy (non-hydrogen) atoms. The number of halogens is 4. The van der Waals surface area contributed by atoms with E-state index in [1.807, 2.05) is 0 Å². The van der Waals surface area contributed by atoms with E-state index in [-0.39, 0.29) is 0 Å². The molecule has 0 atom stereocenters. The molecule has 0 saturated heterocycles. The smallest absolute Gasteiger partial charge is 0.445 e. The third-order valence-corrected chi connectivity index (χ3v) is 1.41. The summed E-state index contributed by atoms with van der Waals surface area (Å²) in [6.07, 6.45) is 0. The fraction of sp³-hybridized carbons (Fsp3) is 0. The van der Waals surface area contributed by atoms with Crippen molar-refractivity contribution in [1.82, 2.24) is 0 Å². The van der Waals surface area contributed by atoms with Crippen molar-refractivity contribution in [3.8, 4) is 0 Å². The lowest BCUT2D eigenvalue weighted by Crippen LogP contribution is -2.37. The Morgan fingerprint density at radius 2 is 1.75 bits per heavy atom. The van der Waals surface area contributed by atoms with E-state index in [2.05, 4.69) is 0 Å². The first-order valence-electron chi connectivity index (χ1n) is 3.17. The van der Waals surface area contributed by atoms with Crippen LogP contribution in [0.1, 0.15) is 0 Å². The average Bonchev–Trinajstić information content (AvgIpc) is 1.92. The van der Waals surface area contributed by atoms with Crippen molar-refractivity contribution in [2.45, 2.75) is 0 Å². The number of anilines is 1. The molecule has 2 N–H and O–H groups in total. The lowest BCUT2D eigenvalue weighted by atomic mass is 9.79. The van der Waals surface area contributed by atoms with E-state index in [4.69, 9.17) is 5.73 Å². The highest BCUT2D eigenvalue weighted by Gasteiger charge is 2.29. The van der Waals surface area contributed by atoms with Gasteiger partial charge in [-0.2, -0.15) is 0 Å². The van der Waals surface area contributed by atoms with Crippen molar-refractivity contribution in [3.63, 3.8) is 0 Å². The molecule has 66 valence electrons. The summed E-state index contributed by atoms with van der Waals surface area (Å²) in [5, 5.41) is 0. The van der Waals surface area contributed by atoms with Gasteiger partial charge in [-0.05, 0) is 6.07 Å². The van der Waals surface area contributed by atoms with Gasteiger partial charge in [0.25, 0.3) is 0 Å². The van der Waals surface area contributed by atoms with Crippen LogP contribution in [-0.4, -0.2) is 6.98 Å². The van der Waals surface area contributed by atoms with Crippen LogP contribution in [0, 0.1) is 5.82 Å². The topological polar surface area (TPSA) is 26.0 Å². The largest absolute Gasteiger partial charge is 0.512 e. The van der Waals surface area contributed by atoms with E-state index >= 15 is 0 Å². The zero-order valence-corrected chi connectivity index (χ0v) is 5.90. The van der Waals surface area contributed by atoms with Gasteiger partial charge < -0.3 is 18.7 Å². The van der Waals surface area contributed by atoms with Crippen LogP contribution < -0.4 is 11.2 Å². The van der Waals surface area contributed by atoms with Crippen LogP contribution in [0.15, 0.2) is 18.2 Å². The number of hydrogen-bond acceptors (Lipinski definition) is 1. The first kappa shape index (κ1) is 8.90. The summed E-state index contributed by atoms with van der Waals surface area (Å²) in [5.41, 5.74) is 3.20. The number of benzene rings is 1. The van der Waals surface area contributed by atoms with Gasteiger partial charge in [-0.3, -0.25) is 0 Å². The molecule has 0 aliphatic rings.